The second-order valence-electron chi connectivity index (χ2n) is 7.15. The molecule has 1 aliphatic rings. The summed E-state index contributed by atoms with van der Waals surface area (Å²) in [6.45, 7) is 1.73. The van der Waals surface area contributed by atoms with Gasteiger partial charge in [-0.05, 0) is 56.9 Å². The zero-order valence-electron chi connectivity index (χ0n) is 15.6. The van der Waals surface area contributed by atoms with E-state index in [9.17, 15) is 13.6 Å². The average Bonchev–Trinajstić information content (AvgIpc) is 3.28. The van der Waals surface area contributed by atoms with Crippen LogP contribution in [-0.4, -0.2) is 21.7 Å². The highest BCUT2D eigenvalue weighted by atomic mass is 19.1. The largest absolute Gasteiger partial charge is 0.348 e. The highest BCUT2D eigenvalue weighted by Crippen LogP contribution is 2.28. The Morgan fingerprint density at radius 1 is 1.11 bits per heavy atom. The zero-order valence-corrected chi connectivity index (χ0v) is 15.6. The van der Waals surface area contributed by atoms with Crippen molar-refractivity contribution in [1.29, 1.82) is 0 Å². The van der Waals surface area contributed by atoms with E-state index in [0.717, 1.165) is 36.2 Å². The molecule has 28 heavy (non-hydrogen) atoms. The van der Waals surface area contributed by atoms with Gasteiger partial charge in [-0.1, -0.05) is 24.3 Å². The molecule has 1 atom stereocenters. The fourth-order valence-electron chi connectivity index (χ4n) is 3.78. The maximum Gasteiger partial charge on any atom is 0.272 e. The molecule has 0 saturated heterocycles. The summed E-state index contributed by atoms with van der Waals surface area (Å²) in [4.78, 5) is 12.8. The Balaban J connectivity index is 1.56. The molecule has 0 saturated carbocycles. The van der Waals surface area contributed by atoms with Crippen LogP contribution in [0.1, 0.15) is 40.7 Å². The molecule has 1 aliphatic carbocycles. The Morgan fingerprint density at radius 2 is 1.82 bits per heavy atom. The van der Waals surface area contributed by atoms with Crippen molar-refractivity contribution in [3.05, 3.63) is 82.7 Å². The van der Waals surface area contributed by atoms with Crippen LogP contribution < -0.4 is 5.32 Å². The maximum atomic E-state index is 13.9. The minimum atomic E-state index is -0.602. The van der Waals surface area contributed by atoms with Crippen molar-refractivity contribution < 1.29 is 13.6 Å². The van der Waals surface area contributed by atoms with Crippen LogP contribution in [0, 0.1) is 11.6 Å². The fourth-order valence-corrected chi connectivity index (χ4v) is 3.78. The molecule has 1 amide bonds. The number of hydrogen-bond donors (Lipinski definition) is 1. The fraction of sp³-hybridized carbons (Fsp3) is 0.273. The van der Waals surface area contributed by atoms with E-state index in [1.807, 2.05) is 35.0 Å². The Bertz CT molecular complexity index is 994. The van der Waals surface area contributed by atoms with E-state index in [1.165, 1.54) is 18.2 Å². The normalized spacial score (nSPS) is 14.0. The molecule has 1 N–H and O–H groups in total. The van der Waals surface area contributed by atoms with Gasteiger partial charge in [0.1, 0.15) is 11.6 Å². The number of nitrogens with one attached hydrogen (secondary N) is 1. The van der Waals surface area contributed by atoms with Gasteiger partial charge in [0, 0.05) is 22.9 Å². The quantitative estimate of drug-likeness (QED) is 0.726. The molecule has 2 aromatic carbocycles. The van der Waals surface area contributed by atoms with Crippen molar-refractivity contribution in [2.75, 3.05) is 0 Å². The topological polar surface area (TPSA) is 46.9 Å². The summed E-state index contributed by atoms with van der Waals surface area (Å²) in [6, 6.07) is 13.1. The van der Waals surface area contributed by atoms with E-state index in [0.29, 0.717) is 5.69 Å². The number of halogens is 2. The van der Waals surface area contributed by atoms with E-state index in [-0.39, 0.29) is 17.9 Å². The number of carbonyl (C=O) groups excluding carboxylic acids is 1. The second-order valence-corrected chi connectivity index (χ2v) is 7.15. The molecule has 6 heteroatoms. The predicted octanol–water partition coefficient (Wildman–Crippen LogP) is 4.00. The molecular formula is C22H21F2N3O. The molecule has 1 unspecified atom stereocenters. The van der Waals surface area contributed by atoms with E-state index >= 15 is 0 Å². The summed E-state index contributed by atoms with van der Waals surface area (Å²) in [5, 5.41) is 7.40. The maximum absolute atomic E-state index is 13.9. The second kappa shape index (κ2) is 7.54. The molecule has 1 heterocycles. The number of rotatable bonds is 5. The third-order valence-corrected chi connectivity index (χ3v) is 5.10. The molecule has 144 valence electrons. The lowest BCUT2D eigenvalue weighted by Crippen LogP contribution is -2.35. The van der Waals surface area contributed by atoms with Gasteiger partial charge in [-0.2, -0.15) is 5.10 Å². The number of benzene rings is 2. The summed E-state index contributed by atoms with van der Waals surface area (Å²) in [5.41, 5.74) is 3.32. The molecule has 4 nitrogen and oxygen atoms in total. The number of fused-ring (bicyclic) bond motifs is 1. The van der Waals surface area contributed by atoms with Crippen molar-refractivity contribution in [2.45, 2.75) is 38.6 Å². The standard InChI is InChI=1S/C22H21F2N3O/c1-14(13-17-18(23)10-6-11-19(17)24)25-22(28)21-16-9-5-12-20(16)27(26-21)15-7-3-2-4-8-15/h2-4,6-8,10-11,14H,5,9,12-13H2,1H3,(H,25,28). The average molecular weight is 381 g/mol. The monoisotopic (exact) mass is 381 g/mol. The van der Waals surface area contributed by atoms with Gasteiger partial charge in [-0.15, -0.1) is 0 Å². The van der Waals surface area contributed by atoms with Crippen LogP contribution in [0.3, 0.4) is 0 Å². The number of aromatic nitrogens is 2. The predicted molar refractivity (Wildman–Crippen MR) is 103 cm³/mol. The van der Waals surface area contributed by atoms with Gasteiger partial charge < -0.3 is 5.32 Å². The molecule has 0 spiro atoms. The molecule has 3 aromatic rings. The van der Waals surface area contributed by atoms with E-state index < -0.39 is 17.7 Å². The summed E-state index contributed by atoms with van der Waals surface area (Å²) >= 11 is 0. The number of para-hydroxylation sites is 1. The van der Waals surface area contributed by atoms with Gasteiger partial charge in [0.15, 0.2) is 5.69 Å². The third kappa shape index (κ3) is 3.42. The first kappa shape index (κ1) is 18.3. The Labute approximate surface area is 162 Å². The van der Waals surface area contributed by atoms with Gasteiger partial charge in [0.2, 0.25) is 0 Å². The Morgan fingerprint density at radius 3 is 2.54 bits per heavy atom. The lowest BCUT2D eigenvalue weighted by molar-refractivity contribution is 0.0933. The van der Waals surface area contributed by atoms with Crippen LogP contribution in [0.2, 0.25) is 0 Å². The van der Waals surface area contributed by atoms with E-state index in [1.54, 1.807) is 6.92 Å². The first-order valence-electron chi connectivity index (χ1n) is 9.44. The highest BCUT2D eigenvalue weighted by molar-refractivity contribution is 5.94. The number of hydrogen-bond acceptors (Lipinski definition) is 2. The number of amides is 1. The molecule has 0 fully saturated rings. The third-order valence-electron chi connectivity index (χ3n) is 5.10. The number of nitrogens with zero attached hydrogens (tertiary/aromatic N) is 2. The molecular weight excluding hydrogens is 360 g/mol. The summed E-state index contributed by atoms with van der Waals surface area (Å²) in [6.07, 6.45) is 2.74. The summed E-state index contributed by atoms with van der Waals surface area (Å²) in [7, 11) is 0. The van der Waals surface area contributed by atoms with Gasteiger partial charge >= 0.3 is 0 Å². The first-order chi connectivity index (χ1) is 13.5. The van der Waals surface area contributed by atoms with Crippen LogP contribution in [0.15, 0.2) is 48.5 Å². The zero-order chi connectivity index (χ0) is 19.7. The van der Waals surface area contributed by atoms with Crippen LogP contribution in [0.5, 0.6) is 0 Å². The molecule has 0 bridgehead atoms. The van der Waals surface area contributed by atoms with Crippen molar-refractivity contribution in [2.24, 2.45) is 0 Å². The van der Waals surface area contributed by atoms with Gasteiger partial charge in [0.05, 0.1) is 5.69 Å². The van der Waals surface area contributed by atoms with Crippen LogP contribution in [-0.2, 0) is 19.3 Å². The molecule has 0 radical (unpaired) electrons. The van der Waals surface area contributed by atoms with Gasteiger partial charge in [-0.25, -0.2) is 13.5 Å². The Kier molecular flexibility index (Phi) is 4.94. The van der Waals surface area contributed by atoms with E-state index in [4.69, 9.17) is 0 Å². The number of carbonyl (C=O) groups is 1. The minimum Gasteiger partial charge on any atom is -0.348 e. The summed E-state index contributed by atoms with van der Waals surface area (Å²) in [5.74, 6) is -1.51. The summed E-state index contributed by atoms with van der Waals surface area (Å²) < 4.78 is 29.6. The lowest BCUT2D eigenvalue weighted by atomic mass is 10.1. The van der Waals surface area contributed by atoms with Crippen molar-refractivity contribution >= 4 is 5.91 Å². The van der Waals surface area contributed by atoms with Gasteiger partial charge in [-0.3, -0.25) is 4.79 Å². The first-order valence-corrected chi connectivity index (χ1v) is 9.44. The Hall–Kier alpha value is -3.02. The van der Waals surface area contributed by atoms with Gasteiger partial charge in [0.25, 0.3) is 5.91 Å². The lowest BCUT2D eigenvalue weighted by Gasteiger charge is -2.14. The van der Waals surface area contributed by atoms with E-state index in [2.05, 4.69) is 10.4 Å². The highest BCUT2D eigenvalue weighted by Gasteiger charge is 2.27. The van der Waals surface area contributed by atoms with Crippen LogP contribution in [0.4, 0.5) is 8.78 Å². The van der Waals surface area contributed by atoms with Crippen molar-refractivity contribution in [3.63, 3.8) is 0 Å². The minimum absolute atomic E-state index is 0.0182. The van der Waals surface area contributed by atoms with Crippen LogP contribution >= 0.6 is 0 Å². The van der Waals surface area contributed by atoms with Crippen molar-refractivity contribution in [3.8, 4) is 5.69 Å². The smallest absolute Gasteiger partial charge is 0.272 e. The van der Waals surface area contributed by atoms with Crippen molar-refractivity contribution in [1.82, 2.24) is 15.1 Å². The molecule has 1 aromatic heterocycles. The molecule has 0 aliphatic heterocycles. The molecule has 4 rings (SSSR count). The van der Waals surface area contributed by atoms with Crippen LogP contribution in [0.25, 0.3) is 5.69 Å². The SMILES string of the molecule is CC(Cc1c(F)cccc1F)NC(=O)c1nn(-c2ccccc2)c2c1CCC2.